The van der Waals surface area contributed by atoms with Crippen molar-refractivity contribution in [2.24, 2.45) is 0 Å². The van der Waals surface area contributed by atoms with Gasteiger partial charge >= 0.3 is 0 Å². The molecule has 18 heavy (non-hydrogen) atoms. The summed E-state index contributed by atoms with van der Waals surface area (Å²) in [4.78, 5) is 12.2. The van der Waals surface area contributed by atoms with Crippen molar-refractivity contribution in [3.05, 3.63) is 77.4 Å². The van der Waals surface area contributed by atoms with Crippen LogP contribution in [0.25, 0.3) is 5.57 Å². The predicted molar refractivity (Wildman–Crippen MR) is 73.5 cm³/mol. The topological polar surface area (TPSA) is 17.1 Å². The second-order valence-electron chi connectivity index (χ2n) is 4.54. The zero-order chi connectivity index (χ0) is 12.4. The van der Waals surface area contributed by atoms with Gasteiger partial charge in [-0.15, -0.1) is 0 Å². The molecule has 0 aliphatic heterocycles. The van der Waals surface area contributed by atoms with Crippen molar-refractivity contribution in [2.75, 3.05) is 0 Å². The zero-order valence-electron chi connectivity index (χ0n) is 10.1. The van der Waals surface area contributed by atoms with Crippen LogP contribution in [0.2, 0.25) is 0 Å². The zero-order valence-corrected chi connectivity index (χ0v) is 10.1. The van der Waals surface area contributed by atoms with Crippen LogP contribution in [0.5, 0.6) is 0 Å². The Morgan fingerprint density at radius 3 is 2.00 bits per heavy atom. The molecule has 0 heterocycles. The van der Waals surface area contributed by atoms with E-state index in [1.807, 2.05) is 54.6 Å². The lowest BCUT2D eigenvalue weighted by Gasteiger charge is -2.14. The van der Waals surface area contributed by atoms with Gasteiger partial charge in [-0.25, -0.2) is 0 Å². The average Bonchev–Trinajstić information content (AvgIpc) is 2.38. The van der Waals surface area contributed by atoms with Crippen molar-refractivity contribution < 1.29 is 4.79 Å². The molecule has 0 spiro atoms. The van der Waals surface area contributed by atoms with Crippen LogP contribution in [0.3, 0.4) is 0 Å². The normalized spacial score (nSPS) is 13.7. The van der Waals surface area contributed by atoms with Crippen molar-refractivity contribution in [1.82, 2.24) is 0 Å². The van der Waals surface area contributed by atoms with E-state index in [2.05, 4.69) is 6.08 Å². The van der Waals surface area contributed by atoms with Gasteiger partial charge in [-0.3, -0.25) is 4.79 Å². The molecule has 0 atom stereocenters. The molecule has 2 aromatic carbocycles. The SMILES string of the molecule is O=C(c1ccccc1)c1ccc(C2=CCC2)cc1. The Hall–Kier alpha value is -2.15. The summed E-state index contributed by atoms with van der Waals surface area (Å²) >= 11 is 0. The number of benzene rings is 2. The molecular formula is C17H14O. The van der Waals surface area contributed by atoms with E-state index in [1.165, 1.54) is 17.6 Å². The monoisotopic (exact) mass is 234 g/mol. The lowest BCUT2D eigenvalue weighted by atomic mass is 9.91. The molecule has 0 fully saturated rings. The molecule has 0 amide bonds. The number of carbonyl (C=O) groups is 1. The Morgan fingerprint density at radius 2 is 1.44 bits per heavy atom. The van der Waals surface area contributed by atoms with E-state index in [4.69, 9.17) is 0 Å². The number of ketones is 1. The standard InChI is InChI=1S/C17H14O/c18-17(15-5-2-1-3-6-15)16-11-9-14(10-12-16)13-7-4-8-13/h1-3,5-7,9-12H,4,8H2. The van der Waals surface area contributed by atoms with Crippen LogP contribution in [-0.2, 0) is 0 Å². The van der Waals surface area contributed by atoms with Crippen molar-refractivity contribution in [3.63, 3.8) is 0 Å². The van der Waals surface area contributed by atoms with Crippen molar-refractivity contribution in [3.8, 4) is 0 Å². The van der Waals surface area contributed by atoms with Crippen LogP contribution in [0, 0.1) is 0 Å². The molecule has 0 saturated heterocycles. The first-order chi connectivity index (χ1) is 8.84. The van der Waals surface area contributed by atoms with Crippen molar-refractivity contribution in [2.45, 2.75) is 12.8 Å². The highest BCUT2D eigenvalue weighted by molar-refractivity contribution is 6.09. The van der Waals surface area contributed by atoms with Crippen LogP contribution in [0.15, 0.2) is 60.7 Å². The first-order valence-corrected chi connectivity index (χ1v) is 6.24. The first kappa shape index (κ1) is 11.0. The Bertz CT molecular complexity index is 591. The van der Waals surface area contributed by atoms with Crippen LogP contribution in [0.4, 0.5) is 0 Å². The number of hydrogen-bond acceptors (Lipinski definition) is 1. The van der Waals surface area contributed by atoms with E-state index in [0.717, 1.165) is 17.5 Å². The van der Waals surface area contributed by atoms with Gasteiger partial charge in [0.05, 0.1) is 0 Å². The summed E-state index contributed by atoms with van der Waals surface area (Å²) in [6.45, 7) is 0. The largest absolute Gasteiger partial charge is 0.289 e. The highest BCUT2D eigenvalue weighted by atomic mass is 16.1. The van der Waals surface area contributed by atoms with E-state index in [-0.39, 0.29) is 5.78 Å². The summed E-state index contributed by atoms with van der Waals surface area (Å²) in [5.74, 6) is 0.0877. The van der Waals surface area contributed by atoms with E-state index in [1.54, 1.807) is 0 Å². The molecule has 1 nitrogen and oxygen atoms in total. The molecule has 0 saturated carbocycles. The van der Waals surface area contributed by atoms with Gasteiger partial charge < -0.3 is 0 Å². The van der Waals surface area contributed by atoms with E-state index in [0.29, 0.717) is 0 Å². The first-order valence-electron chi connectivity index (χ1n) is 6.24. The van der Waals surface area contributed by atoms with Crippen LogP contribution in [-0.4, -0.2) is 5.78 Å². The Balaban J connectivity index is 1.87. The highest BCUT2D eigenvalue weighted by Crippen LogP contribution is 2.28. The molecule has 1 heteroatoms. The second kappa shape index (κ2) is 4.61. The molecule has 1 aliphatic carbocycles. The summed E-state index contributed by atoms with van der Waals surface area (Å²) in [6, 6.07) is 17.3. The molecule has 0 unspecified atom stereocenters. The predicted octanol–water partition coefficient (Wildman–Crippen LogP) is 4.09. The van der Waals surface area contributed by atoms with Gasteiger partial charge in [0, 0.05) is 11.1 Å². The number of carbonyl (C=O) groups excluding carboxylic acids is 1. The molecule has 0 N–H and O–H groups in total. The summed E-state index contributed by atoms with van der Waals surface area (Å²) in [6.07, 6.45) is 4.58. The average molecular weight is 234 g/mol. The van der Waals surface area contributed by atoms with Gasteiger partial charge in [-0.05, 0) is 24.0 Å². The second-order valence-corrected chi connectivity index (χ2v) is 4.54. The minimum Gasteiger partial charge on any atom is -0.289 e. The summed E-state index contributed by atoms with van der Waals surface area (Å²) < 4.78 is 0. The third kappa shape index (κ3) is 2.00. The summed E-state index contributed by atoms with van der Waals surface area (Å²) in [7, 11) is 0. The maximum Gasteiger partial charge on any atom is 0.193 e. The Labute approximate surface area is 107 Å². The van der Waals surface area contributed by atoms with E-state index in [9.17, 15) is 4.79 Å². The molecule has 88 valence electrons. The minimum atomic E-state index is 0.0877. The molecule has 3 rings (SSSR count). The Kier molecular flexibility index (Phi) is 2.81. The van der Waals surface area contributed by atoms with Gasteiger partial charge in [0.1, 0.15) is 0 Å². The van der Waals surface area contributed by atoms with Gasteiger partial charge in [0.2, 0.25) is 0 Å². The molecular weight excluding hydrogens is 220 g/mol. The third-order valence-electron chi connectivity index (χ3n) is 3.36. The fourth-order valence-corrected chi connectivity index (χ4v) is 2.14. The van der Waals surface area contributed by atoms with E-state index < -0.39 is 0 Å². The smallest absolute Gasteiger partial charge is 0.193 e. The number of rotatable bonds is 3. The van der Waals surface area contributed by atoms with Crippen molar-refractivity contribution in [1.29, 1.82) is 0 Å². The molecule has 0 radical (unpaired) electrons. The number of allylic oxidation sites excluding steroid dienone is 2. The lowest BCUT2D eigenvalue weighted by molar-refractivity contribution is 0.103. The summed E-state index contributed by atoms with van der Waals surface area (Å²) in [5.41, 5.74) is 4.14. The van der Waals surface area contributed by atoms with Crippen LogP contribution < -0.4 is 0 Å². The van der Waals surface area contributed by atoms with Crippen LogP contribution >= 0.6 is 0 Å². The van der Waals surface area contributed by atoms with Gasteiger partial charge in [0.25, 0.3) is 0 Å². The fourth-order valence-electron chi connectivity index (χ4n) is 2.14. The van der Waals surface area contributed by atoms with E-state index >= 15 is 0 Å². The number of hydrogen-bond donors (Lipinski definition) is 0. The fraction of sp³-hybridized carbons (Fsp3) is 0.118. The quantitative estimate of drug-likeness (QED) is 0.731. The lowest BCUT2D eigenvalue weighted by Crippen LogP contribution is -2.01. The summed E-state index contributed by atoms with van der Waals surface area (Å²) in [5, 5.41) is 0. The minimum absolute atomic E-state index is 0.0877. The highest BCUT2D eigenvalue weighted by Gasteiger charge is 2.11. The molecule has 1 aliphatic rings. The molecule has 2 aromatic rings. The maximum absolute atomic E-state index is 12.2. The maximum atomic E-state index is 12.2. The Morgan fingerprint density at radius 1 is 0.833 bits per heavy atom. The third-order valence-corrected chi connectivity index (χ3v) is 3.36. The van der Waals surface area contributed by atoms with Gasteiger partial charge in [0.15, 0.2) is 5.78 Å². The van der Waals surface area contributed by atoms with Crippen molar-refractivity contribution >= 4 is 11.4 Å². The molecule has 0 aromatic heterocycles. The van der Waals surface area contributed by atoms with Gasteiger partial charge in [-0.1, -0.05) is 60.7 Å². The van der Waals surface area contributed by atoms with Crippen LogP contribution in [0.1, 0.15) is 34.3 Å². The molecule has 0 bridgehead atoms. The van der Waals surface area contributed by atoms with Gasteiger partial charge in [-0.2, -0.15) is 0 Å².